The Morgan fingerprint density at radius 3 is 2.48 bits per heavy atom. The molecule has 2 N–H and O–H groups in total. The normalized spacial score (nSPS) is 21.0. The second-order valence-electron chi connectivity index (χ2n) is 8.13. The van der Waals surface area contributed by atoms with E-state index >= 15 is 0 Å². The number of carbonyl (C=O) groups is 3. The van der Waals surface area contributed by atoms with Crippen LogP contribution in [-0.2, 0) is 9.59 Å². The summed E-state index contributed by atoms with van der Waals surface area (Å²) in [6, 6.07) is 9.06. The number of piperidine rings is 1. The fourth-order valence-corrected chi connectivity index (χ4v) is 3.63. The number of hydrogen-bond acceptors (Lipinski definition) is 3. The molecular formula is C21H30N2O4. The number of carbonyl (C=O) groups excluding carboxylic acids is 2. The predicted octanol–water partition coefficient (Wildman–Crippen LogP) is 2.79. The van der Waals surface area contributed by atoms with Crippen LogP contribution in [0.4, 0.5) is 0 Å². The van der Waals surface area contributed by atoms with Crippen molar-refractivity contribution in [2.24, 2.45) is 17.3 Å². The Balaban J connectivity index is 2.00. The molecule has 2 amide bonds. The van der Waals surface area contributed by atoms with Crippen LogP contribution in [0.5, 0.6) is 0 Å². The molecule has 0 bridgehead atoms. The summed E-state index contributed by atoms with van der Waals surface area (Å²) in [4.78, 5) is 38.6. The van der Waals surface area contributed by atoms with Crippen LogP contribution in [-0.4, -0.2) is 47.4 Å². The van der Waals surface area contributed by atoms with Gasteiger partial charge < -0.3 is 15.3 Å². The molecule has 2 rings (SSSR count). The van der Waals surface area contributed by atoms with Crippen LogP contribution in [0.1, 0.15) is 50.4 Å². The van der Waals surface area contributed by atoms with Crippen molar-refractivity contribution in [1.29, 1.82) is 0 Å². The molecule has 0 aliphatic carbocycles. The van der Waals surface area contributed by atoms with Crippen molar-refractivity contribution < 1.29 is 19.5 Å². The SMILES string of the molecule is CC(C)CC(CNC(=O)C1(C)CCCN(C(=O)c2ccccc2)C1)C(=O)O. The number of nitrogens with one attached hydrogen (secondary N) is 1. The number of carboxylic acid groups (broad SMARTS) is 1. The van der Waals surface area contributed by atoms with Crippen molar-refractivity contribution >= 4 is 17.8 Å². The van der Waals surface area contributed by atoms with E-state index in [4.69, 9.17) is 0 Å². The average Bonchev–Trinajstić information content (AvgIpc) is 2.64. The Morgan fingerprint density at radius 2 is 1.89 bits per heavy atom. The number of amides is 2. The molecule has 0 radical (unpaired) electrons. The second-order valence-corrected chi connectivity index (χ2v) is 8.13. The molecule has 27 heavy (non-hydrogen) atoms. The zero-order chi connectivity index (χ0) is 20.0. The maximum Gasteiger partial charge on any atom is 0.308 e. The molecule has 2 unspecified atom stereocenters. The number of rotatable bonds is 7. The molecule has 148 valence electrons. The van der Waals surface area contributed by atoms with Crippen LogP contribution >= 0.6 is 0 Å². The molecule has 1 heterocycles. The molecule has 1 saturated heterocycles. The van der Waals surface area contributed by atoms with E-state index in [0.717, 1.165) is 6.42 Å². The van der Waals surface area contributed by atoms with Crippen LogP contribution in [0, 0.1) is 17.3 Å². The van der Waals surface area contributed by atoms with Crippen LogP contribution in [0.15, 0.2) is 30.3 Å². The van der Waals surface area contributed by atoms with Gasteiger partial charge in [0.15, 0.2) is 0 Å². The highest BCUT2D eigenvalue weighted by molar-refractivity contribution is 5.95. The number of nitrogens with zero attached hydrogens (tertiary/aromatic N) is 1. The lowest BCUT2D eigenvalue weighted by Gasteiger charge is -2.39. The van der Waals surface area contributed by atoms with Crippen LogP contribution < -0.4 is 5.32 Å². The van der Waals surface area contributed by atoms with E-state index in [-0.39, 0.29) is 24.3 Å². The van der Waals surface area contributed by atoms with Crippen molar-refractivity contribution in [3.8, 4) is 0 Å². The molecule has 2 atom stereocenters. The molecule has 0 saturated carbocycles. The van der Waals surface area contributed by atoms with Gasteiger partial charge in [-0.15, -0.1) is 0 Å². The first kappa shape index (κ1) is 20.9. The highest BCUT2D eigenvalue weighted by Gasteiger charge is 2.39. The van der Waals surface area contributed by atoms with E-state index in [2.05, 4.69) is 5.32 Å². The average molecular weight is 374 g/mol. The lowest BCUT2D eigenvalue weighted by atomic mass is 9.80. The lowest BCUT2D eigenvalue weighted by molar-refractivity contribution is -0.142. The van der Waals surface area contributed by atoms with Gasteiger partial charge in [0.2, 0.25) is 5.91 Å². The maximum atomic E-state index is 12.8. The summed E-state index contributed by atoms with van der Waals surface area (Å²) in [5.74, 6) is -1.49. The zero-order valence-electron chi connectivity index (χ0n) is 16.4. The van der Waals surface area contributed by atoms with Gasteiger partial charge in [0.25, 0.3) is 5.91 Å². The van der Waals surface area contributed by atoms with Gasteiger partial charge in [0.05, 0.1) is 11.3 Å². The molecule has 1 aliphatic rings. The molecule has 0 aromatic heterocycles. The fourth-order valence-electron chi connectivity index (χ4n) is 3.63. The van der Waals surface area contributed by atoms with Gasteiger partial charge in [0.1, 0.15) is 0 Å². The van der Waals surface area contributed by atoms with Crippen LogP contribution in [0.25, 0.3) is 0 Å². The van der Waals surface area contributed by atoms with E-state index in [1.54, 1.807) is 17.0 Å². The van der Waals surface area contributed by atoms with Crippen molar-refractivity contribution in [2.75, 3.05) is 19.6 Å². The van der Waals surface area contributed by atoms with E-state index in [0.29, 0.717) is 31.5 Å². The van der Waals surface area contributed by atoms with Gasteiger partial charge in [-0.1, -0.05) is 32.0 Å². The van der Waals surface area contributed by atoms with Gasteiger partial charge >= 0.3 is 5.97 Å². The van der Waals surface area contributed by atoms with Gasteiger partial charge in [-0.3, -0.25) is 14.4 Å². The first-order valence-electron chi connectivity index (χ1n) is 9.58. The number of hydrogen-bond donors (Lipinski definition) is 2. The highest BCUT2D eigenvalue weighted by atomic mass is 16.4. The largest absolute Gasteiger partial charge is 0.481 e. The summed E-state index contributed by atoms with van der Waals surface area (Å²) in [6.45, 7) is 6.87. The number of aliphatic carboxylic acids is 1. The Morgan fingerprint density at radius 1 is 1.22 bits per heavy atom. The van der Waals surface area contributed by atoms with Crippen molar-refractivity contribution in [3.63, 3.8) is 0 Å². The van der Waals surface area contributed by atoms with Crippen molar-refractivity contribution in [2.45, 2.75) is 40.0 Å². The molecule has 1 aromatic rings. The van der Waals surface area contributed by atoms with Gasteiger partial charge in [-0.25, -0.2) is 0 Å². The Hall–Kier alpha value is -2.37. The van der Waals surface area contributed by atoms with Gasteiger partial charge in [-0.2, -0.15) is 0 Å². The summed E-state index contributed by atoms with van der Waals surface area (Å²) in [7, 11) is 0. The lowest BCUT2D eigenvalue weighted by Crippen LogP contribution is -2.52. The summed E-state index contributed by atoms with van der Waals surface area (Å²) >= 11 is 0. The number of benzene rings is 1. The molecule has 6 heteroatoms. The summed E-state index contributed by atoms with van der Waals surface area (Å²) < 4.78 is 0. The van der Waals surface area contributed by atoms with Crippen molar-refractivity contribution in [3.05, 3.63) is 35.9 Å². The van der Waals surface area contributed by atoms with Crippen molar-refractivity contribution in [1.82, 2.24) is 10.2 Å². The molecule has 6 nitrogen and oxygen atoms in total. The Bertz CT molecular complexity index is 674. The van der Waals surface area contributed by atoms with Crippen LogP contribution in [0.2, 0.25) is 0 Å². The van der Waals surface area contributed by atoms with Gasteiger partial charge in [-0.05, 0) is 44.2 Å². The minimum atomic E-state index is -0.890. The zero-order valence-corrected chi connectivity index (χ0v) is 16.4. The minimum absolute atomic E-state index is 0.0717. The van der Waals surface area contributed by atoms with Crippen LogP contribution in [0.3, 0.4) is 0 Å². The third-order valence-electron chi connectivity index (χ3n) is 5.17. The standard InChI is InChI=1S/C21H30N2O4/c1-15(2)12-17(19(25)26)13-22-20(27)21(3)10-7-11-23(14-21)18(24)16-8-5-4-6-9-16/h4-6,8-9,15,17H,7,10-14H2,1-3H3,(H,22,27)(H,25,26). The summed E-state index contributed by atoms with van der Waals surface area (Å²) in [5.41, 5.74) is -0.0890. The Kier molecular flexibility index (Phi) is 6.99. The second kappa shape index (κ2) is 9.02. The van der Waals surface area contributed by atoms with Gasteiger partial charge in [0, 0.05) is 25.2 Å². The quantitative estimate of drug-likeness (QED) is 0.768. The first-order chi connectivity index (χ1) is 12.7. The topological polar surface area (TPSA) is 86.7 Å². The Labute approximate surface area is 160 Å². The first-order valence-corrected chi connectivity index (χ1v) is 9.58. The molecule has 0 spiro atoms. The van der Waals surface area contributed by atoms with E-state index in [9.17, 15) is 19.5 Å². The highest BCUT2D eigenvalue weighted by Crippen LogP contribution is 2.30. The molecule has 1 aromatic carbocycles. The minimum Gasteiger partial charge on any atom is -0.481 e. The molecule has 1 aliphatic heterocycles. The van der Waals surface area contributed by atoms with E-state index in [1.807, 2.05) is 39.0 Å². The predicted molar refractivity (Wildman–Crippen MR) is 103 cm³/mol. The number of carboxylic acids is 1. The summed E-state index contributed by atoms with van der Waals surface area (Å²) in [6.07, 6.45) is 1.95. The molecular weight excluding hydrogens is 344 g/mol. The fraction of sp³-hybridized carbons (Fsp3) is 0.571. The third kappa shape index (κ3) is 5.55. The number of likely N-dealkylation sites (tertiary alicyclic amines) is 1. The molecule has 1 fully saturated rings. The third-order valence-corrected chi connectivity index (χ3v) is 5.17. The van der Waals surface area contributed by atoms with E-state index in [1.165, 1.54) is 0 Å². The van der Waals surface area contributed by atoms with E-state index < -0.39 is 17.3 Å². The summed E-state index contributed by atoms with van der Waals surface area (Å²) in [5, 5.41) is 12.2. The maximum absolute atomic E-state index is 12.8. The smallest absolute Gasteiger partial charge is 0.308 e. The monoisotopic (exact) mass is 374 g/mol.